The molecule has 8 heterocycles. The van der Waals surface area contributed by atoms with Gasteiger partial charge in [0.05, 0.1) is 0 Å². The molecule has 0 unspecified atom stereocenters. The van der Waals surface area contributed by atoms with Crippen molar-refractivity contribution in [3.63, 3.8) is 0 Å². The number of hydrogen-bond acceptors (Lipinski definition) is 0. The van der Waals surface area contributed by atoms with Crippen LogP contribution < -0.4 is 0 Å². The summed E-state index contributed by atoms with van der Waals surface area (Å²) in [6.45, 7) is 0. The van der Waals surface area contributed by atoms with Crippen molar-refractivity contribution in [1.29, 1.82) is 0 Å². The summed E-state index contributed by atoms with van der Waals surface area (Å²) in [7, 11) is 0. The molecule has 0 nitrogen and oxygen atoms in total. The second-order valence-electron chi connectivity index (χ2n) is 8.94. The van der Waals surface area contributed by atoms with E-state index in [0.717, 1.165) is 0 Å². The zero-order valence-corrected chi connectivity index (χ0v) is 34.4. The first-order valence-corrected chi connectivity index (χ1v) is 27.2. The van der Waals surface area contributed by atoms with E-state index in [1.165, 1.54) is 5.56 Å². The van der Waals surface area contributed by atoms with Crippen molar-refractivity contribution < 1.29 is 0 Å². The molecule has 0 aliphatic carbocycles. The van der Waals surface area contributed by atoms with Gasteiger partial charge in [-0.2, -0.15) is 0 Å². The van der Waals surface area contributed by atoms with Gasteiger partial charge in [0.2, 0.25) is 0 Å². The molecule has 194 valence electrons. The van der Waals surface area contributed by atoms with Crippen LogP contribution in [-0.2, 0) is 0 Å². The minimum atomic E-state index is 0.395. The molecule has 0 aliphatic heterocycles. The summed E-state index contributed by atoms with van der Waals surface area (Å²) in [6.07, 6.45) is 0. The summed E-state index contributed by atoms with van der Waals surface area (Å²) in [6, 6.07) is 24.0. The van der Waals surface area contributed by atoms with Crippen LogP contribution in [0.4, 0.5) is 0 Å². The van der Waals surface area contributed by atoms with Gasteiger partial charge in [-0.3, -0.25) is 0 Å². The molecule has 0 amide bonds. The third-order valence-corrected chi connectivity index (χ3v) is 23.1. The van der Waals surface area contributed by atoms with E-state index < -0.39 is 0 Å². The normalized spacial score (nSPS) is 11.5. The van der Waals surface area contributed by atoms with Gasteiger partial charge in [0, 0.05) is 0 Å². The Morgan fingerprint density at radius 1 is 0.250 bits per heavy atom. The van der Waals surface area contributed by atoms with Crippen LogP contribution in [0.2, 0.25) is 0 Å². The summed E-state index contributed by atoms with van der Waals surface area (Å²) < 4.78 is 13.0. The maximum absolute atomic E-state index is 2.48. The van der Waals surface area contributed by atoms with Crippen LogP contribution in [0.3, 0.4) is 0 Å². The summed E-state index contributed by atoms with van der Waals surface area (Å²) in [5.41, 5.74) is 9.30. The standard InChI is InChI=1S/C32H18Se8/c1-3-25(33-11-1)19-5-13-35-27(19)20-6-14-36-28(20)21-7-15-37-29(21)22-8-16-38-30(22)23-9-17-39-31(23)24-10-18-40-32(24)26-4-2-12-34-26/h1-18H. The van der Waals surface area contributed by atoms with Gasteiger partial charge in [0.25, 0.3) is 0 Å². The summed E-state index contributed by atoms with van der Waals surface area (Å²) >= 11 is 3.52. The van der Waals surface area contributed by atoms with Crippen LogP contribution in [0.25, 0.3) is 68.9 Å². The van der Waals surface area contributed by atoms with Crippen LogP contribution in [-0.4, -0.2) is 116 Å². The SMILES string of the molecule is c1c[se]c(-c2cc[se]c2-c2cc[se]c2-c2cc[se]c2-c2cc[se]c2-c2cc[se]c2-c2cc[se]c2-c2ccc[se]2)c1. The fourth-order valence-electron chi connectivity index (χ4n) is 5.02. The second-order valence-corrected chi connectivity index (χ2v) is 24.4. The number of hydrogen-bond donors (Lipinski definition) is 0. The molecule has 0 saturated heterocycles. The molecule has 8 rings (SSSR count). The second kappa shape index (κ2) is 12.2. The topological polar surface area (TPSA) is 0 Å². The third-order valence-electron chi connectivity index (χ3n) is 6.75. The Morgan fingerprint density at radius 2 is 0.575 bits per heavy atom. The Hall–Kier alpha value is -0.00416. The van der Waals surface area contributed by atoms with Crippen molar-refractivity contribution in [2.24, 2.45) is 0 Å². The van der Waals surface area contributed by atoms with Crippen molar-refractivity contribution in [3.8, 4) is 68.9 Å². The molecule has 8 heteroatoms. The van der Waals surface area contributed by atoms with Gasteiger partial charge in [-0.1, -0.05) is 0 Å². The first kappa shape index (κ1) is 27.5. The van der Waals surface area contributed by atoms with E-state index in [2.05, 4.69) is 100 Å². The quantitative estimate of drug-likeness (QED) is 0.177. The summed E-state index contributed by atoms with van der Waals surface area (Å²) in [5.74, 6) is 0. The van der Waals surface area contributed by atoms with Gasteiger partial charge >= 0.3 is 285 Å². The van der Waals surface area contributed by atoms with E-state index in [0.29, 0.717) is 116 Å². The number of rotatable bonds is 7. The predicted octanol–water partition coefficient (Wildman–Crippen LogP) is 5.81. The first-order valence-electron chi connectivity index (χ1n) is 12.4. The van der Waals surface area contributed by atoms with Crippen LogP contribution in [0.5, 0.6) is 0 Å². The molecule has 0 spiro atoms. The van der Waals surface area contributed by atoms with Crippen molar-refractivity contribution in [3.05, 3.63) is 100 Å². The van der Waals surface area contributed by atoms with Gasteiger partial charge in [-0.15, -0.1) is 0 Å². The fraction of sp³-hybridized carbons (Fsp3) is 0. The Morgan fingerprint density at radius 3 is 0.975 bits per heavy atom. The van der Waals surface area contributed by atoms with Gasteiger partial charge in [0.15, 0.2) is 0 Å². The molecular weight excluding hydrogens is 1020 g/mol. The van der Waals surface area contributed by atoms with Gasteiger partial charge in [-0.05, 0) is 0 Å². The fourth-order valence-corrected chi connectivity index (χ4v) is 22.6. The molecular formula is C32H18Se8. The van der Waals surface area contributed by atoms with Crippen LogP contribution in [0.15, 0.2) is 100 Å². The van der Waals surface area contributed by atoms with E-state index in [-0.39, 0.29) is 0 Å². The average molecular weight is 1030 g/mol. The van der Waals surface area contributed by atoms with Crippen LogP contribution in [0.1, 0.15) is 0 Å². The van der Waals surface area contributed by atoms with E-state index in [4.69, 9.17) is 0 Å². The molecule has 0 aliphatic rings. The summed E-state index contributed by atoms with van der Waals surface area (Å²) in [4.78, 5) is 19.5. The van der Waals surface area contributed by atoms with Gasteiger partial charge in [-0.25, -0.2) is 0 Å². The minimum absolute atomic E-state index is 0.395. The monoisotopic (exact) mass is 1040 g/mol. The molecule has 8 aromatic heterocycles. The third kappa shape index (κ3) is 5.00. The van der Waals surface area contributed by atoms with Gasteiger partial charge < -0.3 is 0 Å². The van der Waals surface area contributed by atoms with Gasteiger partial charge in [0.1, 0.15) is 0 Å². The van der Waals surface area contributed by atoms with Crippen molar-refractivity contribution in [2.45, 2.75) is 0 Å². The molecule has 40 heavy (non-hydrogen) atoms. The Kier molecular flexibility index (Phi) is 8.38. The van der Waals surface area contributed by atoms with Crippen LogP contribution in [0, 0.1) is 0 Å². The molecule has 0 bridgehead atoms. The average Bonchev–Trinajstić information content (AvgIpc) is 3.85. The Bertz CT molecular complexity index is 1860. The zero-order valence-electron chi connectivity index (χ0n) is 20.7. The van der Waals surface area contributed by atoms with E-state index in [1.54, 1.807) is 63.3 Å². The molecule has 0 N–H and O–H groups in total. The van der Waals surface area contributed by atoms with E-state index in [1.807, 2.05) is 0 Å². The molecule has 0 saturated carbocycles. The molecule has 0 radical (unpaired) electrons. The maximum atomic E-state index is 2.48. The van der Waals surface area contributed by atoms with Crippen molar-refractivity contribution >= 4 is 116 Å². The molecule has 0 atom stereocenters. The van der Waals surface area contributed by atoms with Crippen molar-refractivity contribution in [1.82, 2.24) is 0 Å². The summed E-state index contributed by atoms with van der Waals surface area (Å²) in [5, 5.41) is 0. The van der Waals surface area contributed by atoms with Crippen molar-refractivity contribution in [2.75, 3.05) is 0 Å². The Balaban J connectivity index is 1.22. The zero-order chi connectivity index (χ0) is 26.5. The van der Waals surface area contributed by atoms with E-state index >= 15 is 0 Å². The van der Waals surface area contributed by atoms with Crippen LogP contribution >= 0.6 is 0 Å². The molecule has 8 aromatic rings. The Labute approximate surface area is 281 Å². The molecule has 0 aromatic carbocycles. The van der Waals surface area contributed by atoms with E-state index in [9.17, 15) is 0 Å². The predicted molar refractivity (Wildman–Crippen MR) is 180 cm³/mol. The first-order chi connectivity index (χ1) is 19.9. The molecule has 0 fully saturated rings.